The molecule has 13 heteroatoms. The van der Waals surface area contributed by atoms with Crippen LogP contribution >= 0.6 is 0 Å². The molecule has 7 rings (SSSR count). The fraction of sp³-hybridized carbons (Fsp3) is 0.441. The topological polar surface area (TPSA) is 116 Å². The van der Waals surface area contributed by atoms with Crippen molar-refractivity contribution < 1.29 is 18.7 Å². The Balaban J connectivity index is 1.14. The number of fused-ring (bicyclic) bond motifs is 1. The van der Waals surface area contributed by atoms with Crippen LogP contribution in [0.2, 0.25) is 0 Å². The predicted molar refractivity (Wildman–Crippen MR) is 176 cm³/mol. The van der Waals surface area contributed by atoms with Gasteiger partial charge in [-0.05, 0) is 67.8 Å². The monoisotopic (exact) mass is 641 g/mol. The van der Waals surface area contributed by atoms with Crippen LogP contribution < -0.4 is 9.64 Å². The molecular weight excluding hydrogens is 601 g/mol. The summed E-state index contributed by atoms with van der Waals surface area (Å²) < 4.78 is 23.7. The number of methoxy groups -OCH3 is 1. The zero-order chi connectivity index (χ0) is 32.5. The highest BCUT2D eigenvalue weighted by atomic mass is 19.1. The molecule has 1 unspecified atom stereocenters. The minimum atomic E-state index is -0.385. The zero-order valence-corrected chi connectivity index (χ0v) is 26.9. The number of aromatic nitrogens is 5. The van der Waals surface area contributed by atoms with E-state index in [4.69, 9.17) is 4.74 Å². The molecule has 2 saturated heterocycles. The summed E-state index contributed by atoms with van der Waals surface area (Å²) >= 11 is 0. The van der Waals surface area contributed by atoms with Crippen molar-refractivity contribution in [2.24, 2.45) is 0 Å². The van der Waals surface area contributed by atoms with E-state index in [2.05, 4.69) is 37.1 Å². The van der Waals surface area contributed by atoms with Crippen molar-refractivity contribution in [3.8, 4) is 5.75 Å². The number of aryl methyl sites for hydroxylation is 1. The maximum absolute atomic E-state index is 16.5. The van der Waals surface area contributed by atoms with E-state index in [0.717, 1.165) is 41.9 Å². The fourth-order valence-corrected chi connectivity index (χ4v) is 7.11. The van der Waals surface area contributed by atoms with Gasteiger partial charge < -0.3 is 29.3 Å². The van der Waals surface area contributed by atoms with Crippen LogP contribution in [-0.2, 0) is 11.3 Å². The Morgan fingerprint density at radius 1 is 1.09 bits per heavy atom. The number of carbonyl (C=O) groups excluding carboxylic acids is 2. The highest BCUT2D eigenvalue weighted by Gasteiger charge is 2.31. The van der Waals surface area contributed by atoms with Crippen LogP contribution in [0.3, 0.4) is 0 Å². The lowest BCUT2D eigenvalue weighted by Gasteiger charge is -2.35. The second kappa shape index (κ2) is 13.1. The lowest BCUT2D eigenvalue weighted by Crippen LogP contribution is -2.49. The van der Waals surface area contributed by atoms with Crippen molar-refractivity contribution >= 4 is 34.1 Å². The number of likely N-dealkylation sites (N-methyl/N-ethyl adjacent to an activating group) is 1. The van der Waals surface area contributed by atoms with E-state index in [1.54, 1.807) is 35.3 Å². The molecule has 246 valence electrons. The summed E-state index contributed by atoms with van der Waals surface area (Å²) in [5.74, 6) is 1.14. The van der Waals surface area contributed by atoms with E-state index in [9.17, 15) is 9.59 Å². The number of amides is 2. The average molecular weight is 642 g/mol. The number of nitrogens with zero attached hydrogens (tertiary/aromatic N) is 8. The molecule has 2 amide bonds. The Morgan fingerprint density at radius 2 is 1.94 bits per heavy atom. The molecule has 0 saturated carbocycles. The third kappa shape index (κ3) is 6.19. The summed E-state index contributed by atoms with van der Waals surface area (Å²) in [5, 5.41) is 8.50. The first kappa shape index (κ1) is 30.9. The Hall–Kier alpha value is -4.78. The molecule has 6 heterocycles. The number of nitrogens with one attached hydrogen (secondary N) is 1. The van der Waals surface area contributed by atoms with Crippen LogP contribution in [0.4, 0.5) is 10.2 Å². The van der Waals surface area contributed by atoms with Gasteiger partial charge in [0.1, 0.15) is 5.69 Å². The van der Waals surface area contributed by atoms with Gasteiger partial charge in [0.2, 0.25) is 5.91 Å². The second-order valence-electron chi connectivity index (χ2n) is 12.6. The van der Waals surface area contributed by atoms with E-state index in [0.29, 0.717) is 81.2 Å². The summed E-state index contributed by atoms with van der Waals surface area (Å²) in [6.07, 6.45) is 9.00. The Morgan fingerprint density at radius 3 is 2.68 bits per heavy atom. The molecule has 3 aliphatic heterocycles. The van der Waals surface area contributed by atoms with E-state index in [-0.39, 0.29) is 23.5 Å². The Labute approximate surface area is 272 Å². The number of pyridine rings is 1. The zero-order valence-electron chi connectivity index (χ0n) is 26.9. The first-order valence-corrected chi connectivity index (χ1v) is 16.3. The minimum Gasteiger partial charge on any atom is -0.493 e. The van der Waals surface area contributed by atoms with Crippen LogP contribution in [-0.4, -0.2) is 118 Å². The molecule has 47 heavy (non-hydrogen) atoms. The maximum atomic E-state index is 16.5. The lowest BCUT2D eigenvalue weighted by molar-refractivity contribution is -0.131. The van der Waals surface area contributed by atoms with Gasteiger partial charge in [-0.3, -0.25) is 14.3 Å². The quantitative estimate of drug-likeness (QED) is 0.312. The van der Waals surface area contributed by atoms with E-state index in [1.165, 1.54) is 0 Å². The Bertz CT molecular complexity index is 1800. The van der Waals surface area contributed by atoms with E-state index in [1.807, 2.05) is 35.2 Å². The standard InChI is InChI=1S/C34H40FN9O3/c1-40-12-7-24(21-40)25-19-26(23-5-4-11-43(22-23)30(45)8-13-44-14-10-37-39-44)31(35)32-27(25)20-28(38-32)34(46)42-17-15-41(16-18-42)33-29(47-2)6-3-9-36-33/h3,5-6,9-10,14,19-20,24,38H,4,7-8,11-13,15-18,21-22H2,1-2H3. The van der Waals surface area contributed by atoms with Gasteiger partial charge in [-0.1, -0.05) is 11.3 Å². The maximum Gasteiger partial charge on any atom is 0.270 e. The summed E-state index contributed by atoms with van der Waals surface area (Å²) in [6.45, 7) is 5.42. The number of rotatable bonds is 8. The molecule has 1 atom stereocenters. The smallest absolute Gasteiger partial charge is 0.270 e. The summed E-state index contributed by atoms with van der Waals surface area (Å²) in [6, 6.07) is 7.52. The van der Waals surface area contributed by atoms with Gasteiger partial charge in [0, 0.05) is 75.6 Å². The van der Waals surface area contributed by atoms with Gasteiger partial charge in [0.15, 0.2) is 17.4 Å². The van der Waals surface area contributed by atoms with Crippen molar-refractivity contribution in [2.45, 2.75) is 31.7 Å². The predicted octanol–water partition coefficient (Wildman–Crippen LogP) is 3.39. The van der Waals surface area contributed by atoms with Gasteiger partial charge in [-0.15, -0.1) is 5.10 Å². The number of halogens is 1. The van der Waals surface area contributed by atoms with Crippen LogP contribution in [0.5, 0.6) is 5.75 Å². The van der Waals surface area contributed by atoms with Crippen LogP contribution in [0.15, 0.2) is 48.9 Å². The molecule has 1 aromatic carbocycles. The first-order chi connectivity index (χ1) is 22.9. The second-order valence-corrected chi connectivity index (χ2v) is 12.6. The lowest BCUT2D eigenvalue weighted by atomic mass is 9.89. The van der Waals surface area contributed by atoms with Gasteiger partial charge in [-0.2, -0.15) is 0 Å². The van der Waals surface area contributed by atoms with E-state index >= 15 is 4.39 Å². The van der Waals surface area contributed by atoms with Crippen molar-refractivity contribution in [1.29, 1.82) is 0 Å². The number of H-pyrrole nitrogens is 1. The summed E-state index contributed by atoms with van der Waals surface area (Å²) in [7, 11) is 3.72. The third-order valence-corrected chi connectivity index (χ3v) is 9.66. The van der Waals surface area contributed by atoms with Gasteiger partial charge in [0.25, 0.3) is 5.91 Å². The normalized spacial score (nSPS) is 19.0. The number of anilines is 1. The highest BCUT2D eigenvalue weighted by molar-refractivity contribution is 6.00. The first-order valence-electron chi connectivity index (χ1n) is 16.3. The molecule has 12 nitrogen and oxygen atoms in total. The van der Waals surface area contributed by atoms with Crippen LogP contribution in [0.1, 0.15) is 46.8 Å². The largest absolute Gasteiger partial charge is 0.493 e. The van der Waals surface area contributed by atoms with Crippen LogP contribution in [0.25, 0.3) is 16.5 Å². The summed E-state index contributed by atoms with van der Waals surface area (Å²) in [5.41, 5.74) is 3.06. The van der Waals surface area contributed by atoms with Crippen molar-refractivity contribution in [2.75, 3.05) is 71.4 Å². The fourth-order valence-electron chi connectivity index (χ4n) is 7.11. The molecule has 0 radical (unpaired) electrons. The van der Waals surface area contributed by atoms with E-state index < -0.39 is 0 Å². The van der Waals surface area contributed by atoms with Crippen molar-refractivity contribution in [1.82, 2.24) is 39.7 Å². The number of hydrogen-bond donors (Lipinski definition) is 1. The molecule has 3 aromatic heterocycles. The van der Waals surface area contributed by atoms with Gasteiger partial charge >= 0.3 is 0 Å². The number of hydrogen-bond acceptors (Lipinski definition) is 8. The number of benzene rings is 1. The number of piperazine rings is 1. The molecule has 1 N–H and O–H groups in total. The number of ether oxygens (including phenoxy) is 1. The van der Waals surface area contributed by atoms with Gasteiger partial charge in [-0.25, -0.2) is 9.37 Å². The molecule has 0 bridgehead atoms. The number of carbonyl (C=O) groups is 2. The minimum absolute atomic E-state index is 0.000398. The van der Waals surface area contributed by atoms with Crippen LogP contribution in [0, 0.1) is 5.82 Å². The average Bonchev–Trinajstić information content (AvgIpc) is 3.89. The molecule has 2 fully saturated rings. The molecule has 0 aliphatic carbocycles. The highest BCUT2D eigenvalue weighted by Crippen LogP contribution is 2.38. The SMILES string of the molecule is COc1cccnc1N1CCN(C(=O)c2cc3c(C4CCN(C)C4)cc(C4=CCCN(C(=O)CCn5ccnn5)C4)c(F)c3[nH]2)CC1. The van der Waals surface area contributed by atoms with Crippen molar-refractivity contribution in [3.05, 3.63) is 71.6 Å². The van der Waals surface area contributed by atoms with Crippen molar-refractivity contribution in [3.63, 3.8) is 0 Å². The molecular formula is C34H40FN9O3. The number of aromatic amines is 1. The molecule has 3 aliphatic rings. The molecule has 0 spiro atoms. The van der Waals surface area contributed by atoms with Gasteiger partial charge in [0.05, 0.1) is 25.4 Å². The summed E-state index contributed by atoms with van der Waals surface area (Å²) in [4.78, 5) is 42.6. The number of likely N-dealkylation sites (tertiary alicyclic amines) is 1. The third-order valence-electron chi connectivity index (χ3n) is 9.66. The Kier molecular flexibility index (Phi) is 8.63. The molecule has 4 aromatic rings.